The zero-order valence-corrected chi connectivity index (χ0v) is 14.1. The van der Waals surface area contributed by atoms with E-state index in [9.17, 15) is 4.79 Å². The van der Waals surface area contributed by atoms with Gasteiger partial charge in [0.1, 0.15) is 5.75 Å². The molecule has 0 radical (unpaired) electrons. The number of thiophene rings is 1. The van der Waals surface area contributed by atoms with Crippen molar-refractivity contribution in [1.82, 2.24) is 5.32 Å². The van der Waals surface area contributed by atoms with Crippen molar-refractivity contribution < 1.29 is 9.53 Å². The molecule has 1 aliphatic rings. The number of piperidine rings is 1. The van der Waals surface area contributed by atoms with Gasteiger partial charge < -0.3 is 15.0 Å². The molecule has 0 bridgehead atoms. The van der Waals surface area contributed by atoms with Crippen molar-refractivity contribution >= 4 is 22.9 Å². The summed E-state index contributed by atoms with van der Waals surface area (Å²) in [7, 11) is 1.65. The van der Waals surface area contributed by atoms with Gasteiger partial charge in [0.15, 0.2) is 0 Å². The minimum absolute atomic E-state index is 0.0609. The van der Waals surface area contributed by atoms with E-state index >= 15 is 0 Å². The third kappa shape index (κ3) is 3.92. The summed E-state index contributed by atoms with van der Waals surface area (Å²) < 4.78 is 5.22. The van der Waals surface area contributed by atoms with E-state index in [1.807, 2.05) is 40.6 Å². The molecular formula is C18H22N2O2S. The van der Waals surface area contributed by atoms with Gasteiger partial charge in [-0.05, 0) is 55.1 Å². The number of ether oxygens (including phenoxy) is 1. The number of amides is 1. The first kappa shape index (κ1) is 16.0. The van der Waals surface area contributed by atoms with Crippen LogP contribution in [0.5, 0.6) is 5.75 Å². The fourth-order valence-electron chi connectivity index (χ4n) is 2.90. The molecule has 122 valence electrons. The SMILES string of the molecule is COc1ccc(N(Cc2cccs2)C(=O)C2CCCNC2)cc1. The molecule has 1 atom stereocenters. The summed E-state index contributed by atoms with van der Waals surface area (Å²) in [6, 6.07) is 11.8. The molecule has 1 unspecified atom stereocenters. The molecule has 5 heteroatoms. The van der Waals surface area contributed by atoms with Crippen molar-refractivity contribution in [3.63, 3.8) is 0 Å². The maximum absolute atomic E-state index is 13.0. The number of rotatable bonds is 5. The van der Waals surface area contributed by atoms with E-state index in [-0.39, 0.29) is 11.8 Å². The van der Waals surface area contributed by atoms with Crippen LogP contribution in [-0.2, 0) is 11.3 Å². The van der Waals surface area contributed by atoms with Crippen molar-refractivity contribution in [3.05, 3.63) is 46.7 Å². The first-order valence-corrected chi connectivity index (χ1v) is 8.84. The lowest BCUT2D eigenvalue weighted by atomic mass is 9.97. The Kier molecular flexibility index (Phi) is 5.31. The zero-order chi connectivity index (χ0) is 16.1. The highest BCUT2D eigenvalue weighted by atomic mass is 32.1. The highest BCUT2D eigenvalue weighted by Gasteiger charge is 2.27. The number of benzene rings is 1. The number of carbonyl (C=O) groups is 1. The fourth-order valence-corrected chi connectivity index (χ4v) is 3.59. The van der Waals surface area contributed by atoms with Gasteiger partial charge in [0.2, 0.25) is 5.91 Å². The Morgan fingerprint density at radius 2 is 2.17 bits per heavy atom. The number of nitrogens with zero attached hydrogens (tertiary/aromatic N) is 1. The lowest BCUT2D eigenvalue weighted by Crippen LogP contribution is -2.42. The largest absolute Gasteiger partial charge is 0.497 e. The van der Waals surface area contributed by atoms with Gasteiger partial charge in [-0.25, -0.2) is 0 Å². The second-order valence-corrected chi connectivity index (χ2v) is 6.78. The molecule has 1 fully saturated rings. The van der Waals surface area contributed by atoms with Gasteiger partial charge in [0.05, 0.1) is 19.6 Å². The number of anilines is 1. The Bertz CT molecular complexity index is 619. The van der Waals surface area contributed by atoms with Crippen LogP contribution in [0.1, 0.15) is 17.7 Å². The Morgan fingerprint density at radius 3 is 2.78 bits per heavy atom. The van der Waals surface area contributed by atoms with Gasteiger partial charge in [-0.2, -0.15) is 0 Å². The zero-order valence-electron chi connectivity index (χ0n) is 13.3. The normalized spacial score (nSPS) is 17.7. The Balaban J connectivity index is 1.83. The third-order valence-corrected chi connectivity index (χ3v) is 5.05. The summed E-state index contributed by atoms with van der Waals surface area (Å²) in [6.45, 7) is 2.41. The van der Waals surface area contributed by atoms with Crippen LogP contribution in [0.25, 0.3) is 0 Å². The van der Waals surface area contributed by atoms with E-state index < -0.39 is 0 Å². The van der Waals surface area contributed by atoms with Crippen LogP contribution in [0.15, 0.2) is 41.8 Å². The van der Waals surface area contributed by atoms with Gasteiger partial charge in [-0.1, -0.05) is 6.07 Å². The molecule has 4 nitrogen and oxygen atoms in total. The third-order valence-electron chi connectivity index (χ3n) is 4.19. The average molecular weight is 330 g/mol. The number of nitrogens with one attached hydrogen (secondary N) is 1. The smallest absolute Gasteiger partial charge is 0.231 e. The molecule has 2 heterocycles. The van der Waals surface area contributed by atoms with E-state index in [0.717, 1.165) is 37.4 Å². The summed E-state index contributed by atoms with van der Waals surface area (Å²) in [5, 5.41) is 5.38. The van der Waals surface area contributed by atoms with Gasteiger partial charge in [0.25, 0.3) is 0 Å². The Morgan fingerprint density at radius 1 is 1.35 bits per heavy atom. The Hall–Kier alpha value is -1.85. The van der Waals surface area contributed by atoms with Crippen molar-refractivity contribution in [2.24, 2.45) is 5.92 Å². The number of carbonyl (C=O) groups excluding carboxylic acids is 1. The van der Waals surface area contributed by atoms with Crippen LogP contribution in [0.2, 0.25) is 0 Å². The molecular weight excluding hydrogens is 308 g/mol. The molecule has 23 heavy (non-hydrogen) atoms. The number of methoxy groups -OCH3 is 1. The number of hydrogen-bond donors (Lipinski definition) is 1. The summed E-state index contributed by atoms with van der Waals surface area (Å²) in [5.74, 6) is 1.07. The minimum atomic E-state index is 0.0609. The topological polar surface area (TPSA) is 41.6 Å². The van der Waals surface area contributed by atoms with Crippen LogP contribution in [-0.4, -0.2) is 26.1 Å². The van der Waals surface area contributed by atoms with Crippen molar-refractivity contribution in [1.29, 1.82) is 0 Å². The van der Waals surface area contributed by atoms with Crippen molar-refractivity contribution in [2.45, 2.75) is 19.4 Å². The van der Waals surface area contributed by atoms with E-state index in [1.165, 1.54) is 4.88 Å². The average Bonchev–Trinajstić information content (AvgIpc) is 3.13. The molecule has 0 aliphatic carbocycles. The Labute approximate surface area is 141 Å². The maximum atomic E-state index is 13.0. The summed E-state index contributed by atoms with van der Waals surface area (Å²) >= 11 is 1.68. The molecule has 1 aromatic carbocycles. The van der Waals surface area contributed by atoms with Gasteiger partial charge in [-0.15, -0.1) is 11.3 Å². The lowest BCUT2D eigenvalue weighted by Gasteiger charge is -2.29. The van der Waals surface area contributed by atoms with Crippen molar-refractivity contribution in [3.8, 4) is 5.75 Å². The van der Waals surface area contributed by atoms with Gasteiger partial charge in [-0.3, -0.25) is 4.79 Å². The van der Waals surface area contributed by atoms with Crippen LogP contribution < -0.4 is 15.0 Å². The first-order chi connectivity index (χ1) is 11.3. The van der Waals surface area contributed by atoms with E-state index in [0.29, 0.717) is 6.54 Å². The molecule has 1 aliphatic heterocycles. The van der Waals surface area contributed by atoms with E-state index in [1.54, 1.807) is 18.4 Å². The second-order valence-electron chi connectivity index (χ2n) is 5.75. The molecule has 2 aromatic rings. The summed E-state index contributed by atoms with van der Waals surface area (Å²) in [6.07, 6.45) is 2.02. The minimum Gasteiger partial charge on any atom is -0.497 e. The van der Waals surface area contributed by atoms with Crippen LogP contribution >= 0.6 is 11.3 Å². The van der Waals surface area contributed by atoms with Crippen LogP contribution in [0, 0.1) is 5.92 Å². The van der Waals surface area contributed by atoms with E-state index in [4.69, 9.17) is 4.74 Å². The molecule has 0 saturated carbocycles. The molecule has 1 saturated heterocycles. The molecule has 0 spiro atoms. The highest BCUT2D eigenvalue weighted by Crippen LogP contribution is 2.26. The maximum Gasteiger partial charge on any atom is 0.231 e. The molecule has 1 aromatic heterocycles. The van der Waals surface area contributed by atoms with Gasteiger partial charge in [0, 0.05) is 17.1 Å². The number of hydrogen-bond acceptors (Lipinski definition) is 4. The predicted molar refractivity (Wildman–Crippen MR) is 94.1 cm³/mol. The molecule has 3 rings (SSSR count). The van der Waals surface area contributed by atoms with Crippen LogP contribution in [0.3, 0.4) is 0 Å². The first-order valence-electron chi connectivity index (χ1n) is 7.96. The lowest BCUT2D eigenvalue weighted by molar-refractivity contribution is -0.123. The van der Waals surface area contributed by atoms with E-state index in [2.05, 4.69) is 11.4 Å². The predicted octanol–water partition coefficient (Wildman–Crippen LogP) is 3.29. The molecule has 1 amide bonds. The van der Waals surface area contributed by atoms with Crippen LogP contribution in [0.4, 0.5) is 5.69 Å². The quantitative estimate of drug-likeness (QED) is 0.915. The second kappa shape index (κ2) is 7.62. The summed E-state index contributed by atoms with van der Waals surface area (Å²) in [4.78, 5) is 16.1. The van der Waals surface area contributed by atoms with Crippen molar-refractivity contribution in [2.75, 3.05) is 25.1 Å². The molecule has 1 N–H and O–H groups in total. The standard InChI is InChI=1S/C18H22N2O2S/c1-22-16-8-6-15(7-9-16)20(13-17-5-3-11-23-17)18(21)14-4-2-10-19-12-14/h3,5-9,11,14,19H,2,4,10,12-13H2,1H3. The summed E-state index contributed by atoms with van der Waals surface area (Å²) in [5.41, 5.74) is 0.926. The fraction of sp³-hybridized carbons (Fsp3) is 0.389. The van der Waals surface area contributed by atoms with Gasteiger partial charge >= 0.3 is 0 Å². The monoisotopic (exact) mass is 330 g/mol. The highest BCUT2D eigenvalue weighted by molar-refractivity contribution is 7.09.